The second-order valence-corrected chi connectivity index (χ2v) is 9.54. The van der Waals surface area contributed by atoms with E-state index < -0.39 is 16.0 Å². The molecule has 1 aliphatic heterocycles. The van der Waals surface area contributed by atoms with Gasteiger partial charge >= 0.3 is 5.97 Å². The highest BCUT2D eigenvalue weighted by atomic mass is 32.2. The van der Waals surface area contributed by atoms with Crippen LogP contribution in [0.25, 0.3) is 0 Å². The minimum absolute atomic E-state index is 0.000463. The smallest absolute Gasteiger partial charge is 0.339 e. The highest BCUT2D eigenvalue weighted by Gasteiger charge is 2.34. The standard InChI is InChI=1S/C23H28N2O6S/c1-16(18-8-4-6-10-20(18)30-2)24-22(26)17-12-14-25(15-13-17)32(28,29)21-11-7-5-9-19(21)23(27)31-3/h4-11,16-17H,12-15H2,1-3H3,(H,24,26). The highest BCUT2D eigenvalue weighted by molar-refractivity contribution is 7.89. The third kappa shape index (κ3) is 4.94. The normalized spacial score (nSPS) is 16.2. The van der Waals surface area contributed by atoms with E-state index in [0.717, 1.165) is 5.56 Å². The van der Waals surface area contributed by atoms with Gasteiger partial charge in [0.25, 0.3) is 0 Å². The minimum Gasteiger partial charge on any atom is -0.496 e. The van der Waals surface area contributed by atoms with Crippen LogP contribution >= 0.6 is 0 Å². The van der Waals surface area contributed by atoms with Crippen LogP contribution in [-0.4, -0.2) is 51.9 Å². The molecule has 1 fully saturated rings. The summed E-state index contributed by atoms with van der Waals surface area (Å²) >= 11 is 0. The summed E-state index contributed by atoms with van der Waals surface area (Å²) in [6.45, 7) is 2.27. The molecule has 2 aromatic rings. The zero-order valence-electron chi connectivity index (χ0n) is 18.4. The number of carbonyl (C=O) groups is 2. The highest BCUT2D eigenvalue weighted by Crippen LogP contribution is 2.28. The van der Waals surface area contributed by atoms with Crippen molar-refractivity contribution in [2.75, 3.05) is 27.3 Å². The van der Waals surface area contributed by atoms with Gasteiger partial charge in [-0.05, 0) is 38.0 Å². The van der Waals surface area contributed by atoms with Crippen molar-refractivity contribution in [3.05, 3.63) is 59.7 Å². The first-order chi connectivity index (χ1) is 15.3. The van der Waals surface area contributed by atoms with Gasteiger partial charge in [-0.2, -0.15) is 4.31 Å². The van der Waals surface area contributed by atoms with Gasteiger partial charge in [-0.25, -0.2) is 13.2 Å². The summed E-state index contributed by atoms with van der Waals surface area (Å²) in [5.41, 5.74) is 0.878. The first-order valence-corrected chi connectivity index (χ1v) is 11.8. The molecule has 1 atom stereocenters. The molecule has 1 aliphatic rings. The van der Waals surface area contributed by atoms with Crippen LogP contribution < -0.4 is 10.1 Å². The lowest BCUT2D eigenvalue weighted by atomic mass is 9.96. The van der Waals surface area contributed by atoms with Crippen LogP contribution in [0.1, 0.15) is 41.7 Å². The van der Waals surface area contributed by atoms with Gasteiger partial charge in [0.05, 0.1) is 30.7 Å². The fourth-order valence-corrected chi connectivity index (χ4v) is 5.55. The summed E-state index contributed by atoms with van der Waals surface area (Å²) in [5, 5.41) is 3.01. The maximum absolute atomic E-state index is 13.1. The number of sulfonamides is 1. The molecule has 0 saturated carbocycles. The maximum atomic E-state index is 13.1. The molecule has 0 aliphatic carbocycles. The molecule has 0 spiro atoms. The van der Waals surface area contributed by atoms with Crippen molar-refractivity contribution in [1.82, 2.24) is 9.62 Å². The summed E-state index contributed by atoms with van der Waals surface area (Å²) in [4.78, 5) is 24.7. The number of carbonyl (C=O) groups excluding carboxylic acids is 2. The van der Waals surface area contributed by atoms with Crippen LogP contribution in [-0.2, 0) is 19.6 Å². The molecule has 0 bridgehead atoms. The molecule has 1 N–H and O–H groups in total. The van der Waals surface area contributed by atoms with Gasteiger partial charge in [0, 0.05) is 24.6 Å². The van der Waals surface area contributed by atoms with E-state index in [1.165, 1.54) is 23.5 Å². The first kappa shape index (κ1) is 23.7. The SMILES string of the molecule is COC(=O)c1ccccc1S(=O)(=O)N1CCC(C(=O)NC(C)c2ccccc2OC)CC1. The molecule has 1 heterocycles. The van der Waals surface area contributed by atoms with Gasteiger partial charge in [-0.15, -0.1) is 0 Å². The predicted molar refractivity (Wildman–Crippen MR) is 119 cm³/mol. The van der Waals surface area contributed by atoms with Gasteiger partial charge in [0.2, 0.25) is 15.9 Å². The molecular weight excluding hydrogens is 432 g/mol. The van der Waals surface area contributed by atoms with Gasteiger partial charge in [-0.3, -0.25) is 4.79 Å². The fraction of sp³-hybridized carbons (Fsp3) is 0.391. The van der Waals surface area contributed by atoms with Gasteiger partial charge in [0.1, 0.15) is 5.75 Å². The van der Waals surface area contributed by atoms with Gasteiger partial charge in [0.15, 0.2) is 0 Å². The Morgan fingerprint density at radius 1 is 1.03 bits per heavy atom. The first-order valence-electron chi connectivity index (χ1n) is 10.4. The summed E-state index contributed by atoms with van der Waals surface area (Å²) in [6.07, 6.45) is 0.786. The van der Waals surface area contributed by atoms with E-state index in [1.807, 2.05) is 31.2 Å². The van der Waals surface area contributed by atoms with E-state index >= 15 is 0 Å². The molecule has 172 valence electrons. The van der Waals surface area contributed by atoms with Crippen molar-refractivity contribution >= 4 is 21.9 Å². The molecule has 0 radical (unpaired) electrons. The van der Waals surface area contributed by atoms with Crippen molar-refractivity contribution in [3.63, 3.8) is 0 Å². The molecule has 3 rings (SSSR count). The lowest BCUT2D eigenvalue weighted by molar-refractivity contribution is -0.126. The topological polar surface area (TPSA) is 102 Å². The van der Waals surface area contributed by atoms with Gasteiger partial charge < -0.3 is 14.8 Å². The number of hydrogen-bond acceptors (Lipinski definition) is 6. The number of hydrogen-bond donors (Lipinski definition) is 1. The average molecular weight is 461 g/mol. The van der Waals surface area contributed by atoms with Crippen LogP contribution in [0, 0.1) is 5.92 Å². The third-order valence-corrected chi connectivity index (χ3v) is 7.66. The van der Waals surface area contributed by atoms with Crippen LogP contribution in [0.15, 0.2) is 53.4 Å². The second kappa shape index (κ2) is 10.1. The number of rotatable bonds is 7. The Bertz CT molecular complexity index is 1080. The maximum Gasteiger partial charge on any atom is 0.339 e. The Labute approximate surface area is 188 Å². The number of esters is 1. The summed E-state index contributed by atoms with van der Waals surface area (Å²) in [5.74, 6) is -0.417. The summed E-state index contributed by atoms with van der Waals surface area (Å²) in [7, 11) is -1.09. The van der Waals surface area contributed by atoms with Crippen LogP contribution in [0.3, 0.4) is 0 Å². The molecule has 0 aromatic heterocycles. The minimum atomic E-state index is -3.89. The second-order valence-electron chi connectivity index (χ2n) is 7.64. The zero-order valence-corrected chi connectivity index (χ0v) is 19.2. The zero-order chi connectivity index (χ0) is 23.3. The molecular formula is C23H28N2O6S. The molecule has 8 nitrogen and oxygen atoms in total. The van der Waals surface area contributed by atoms with Crippen LogP contribution in [0.5, 0.6) is 5.75 Å². The number of para-hydroxylation sites is 1. The van der Waals surface area contributed by atoms with Crippen molar-refractivity contribution in [2.24, 2.45) is 5.92 Å². The average Bonchev–Trinajstić information content (AvgIpc) is 2.83. The van der Waals surface area contributed by atoms with Crippen molar-refractivity contribution in [3.8, 4) is 5.75 Å². The van der Waals surface area contributed by atoms with Crippen molar-refractivity contribution < 1.29 is 27.5 Å². The lowest BCUT2D eigenvalue weighted by Crippen LogP contribution is -2.43. The number of methoxy groups -OCH3 is 2. The number of piperidine rings is 1. The predicted octanol–water partition coefficient (Wildman–Crippen LogP) is 2.76. The van der Waals surface area contributed by atoms with Crippen LogP contribution in [0.4, 0.5) is 0 Å². The molecule has 32 heavy (non-hydrogen) atoms. The van der Waals surface area contributed by atoms with E-state index in [0.29, 0.717) is 18.6 Å². The molecule has 1 amide bonds. The Morgan fingerprint density at radius 3 is 2.31 bits per heavy atom. The Kier molecular flexibility index (Phi) is 7.52. The lowest BCUT2D eigenvalue weighted by Gasteiger charge is -2.31. The van der Waals surface area contributed by atoms with E-state index in [-0.39, 0.29) is 41.4 Å². The number of nitrogens with zero attached hydrogens (tertiary/aromatic N) is 1. The summed E-state index contributed by atoms with van der Waals surface area (Å²) in [6, 6.07) is 13.2. The fourth-order valence-electron chi connectivity index (χ4n) is 3.90. The monoisotopic (exact) mass is 460 g/mol. The molecule has 2 aromatic carbocycles. The number of ether oxygens (including phenoxy) is 2. The molecule has 1 unspecified atom stereocenters. The van der Waals surface area contributed by atoms with E-state index in [9.17, 15) is 18.0 Å². The number of benzene rings is 2. The third-order valence-electron chi connectivity index (χ3n) is 5.70. The Morgan fingerprint density at radius 2 is 1.66 bits per heavy atom. The van der Waals surface area contributed by atoms with Crippen molar-refractivity contribution in [2.45, 2.75) is 30.7 Å². The molecule has 1 saturated heterocycles. The molecule has 9 heteroatoms. The Hall–Kier alpha value is -2.91. The summed E-state index contributed by atoms with van der Waals surface area (Å²) < 4.78 is 37.7. The number of nitrogens with one attached hydrogen (secondary N) is 1. The van der Waals surface area contributed by atoms with E-state index in [2.05, 4.69) is 5.32 Å². The van der Waals surface area contributed by atoms with Crippen LogP contribution in [0.2, 0.25) is 0 Å². The van der Waals surface area contributed by atoms with Crippen molar-refractivity contribution in [1.29, 1.82) is 0 Å². The number of amides is 1. The quantitative estimate of drug-likeness (QED) is 0.638. The Balaban J connectivity index is 1.66. The van der Waals surface area contributed by atoms with Gasteiger partial charge in [-0.1, -0.05) is 30.3 Å². The van der Waals surface area contributed by atoms with E-state index in [1.54, 1.807) is 19.2 Å². The largest absolute Gasteiger partial charge is 0.496 e. The van der Waals surface area contributed by atoms with E-state index in [4.69, 9.17) is 9.47 Å².